The van der Waals surface area contributed by atoms with Crippen molar-refractivity contribution < 1.29 is 4.92 Å². The molecule has 14 heavy (non-hydrogen) atoms. The third-order valence-corrected chi connectivity index (χ3v) is 2.91. The van der Waals surface area contributed by atoms with Crippen LogP contribution in [-0.4, -0.2) is 19.0 Å². The van der Waals surface area contributed by atoms with Crippen molar-refractivity contribution in [2.75, 3.05) is 19.0 Å². The first-order valence-corrected chi connectivity index (χ1v) is 5.33. The molecule has 0 atom stereocenters. The molecule has 0 aliphatic carbocycles. The molecule has 0 spiro atoms. The van der Waals surface area contributed by atoms with Crippen LogP contribution in [-0.2, 0) is 0 Å². The average molecular weight is 324 g/mol. The number of anilines is 1. The van der Waals surface area contributed by atoms with E-state index in [-0.39, 0.29) is 5.69 Å². The van der Waals surface area contributed by atoms with Crippen molar-refractivity contribution in [2.24, 2.45) is 0 Å². The van der Waals surface area contributed by atoms with Gasteiger partial charge in [0.25, 0.3) is 5.69 Å². The Morgan fingerprint density at radius 2 is 1.71 bits per heavy atom. The standard InChI is InChI=1S/C8H8Br2N2O2/c1-11(2)5-3-6(9)8(12(13)14)7(10)4-5/h3-4H,1-2H3. The van der Waals surface area contributed by atoms with Gasteiger partial charge in [0.1, 0.15) is 0 Å². The number of hydrogen-bond donors (Lipinski definition) is 0. The summed E-state index contributed by atoms with van der Waals surface area (Å²) >= 11 is 6.34. The van der Waals surface area contributed by atoms with Crippen LogP contribution in [0.4, 0.5) is 11.4 Å². The van der Waals surface area contributed by atoms with Crippen LogP contribution in [0.2, 0.25) is 0 Å². The summed E-state index contributed by atoms with van der Waals surface area (Å²) in [7, 11) is 3.75. The van der Waals surface area contributed by atoms with Gasteiger partial charge >= 0.3 is 0 Å². The van der Waals surface area contributed by atoms with Crippen molar-refractivity contribution in [3.8, 4) is 0 Å². The highest BCUT2D eigenvalue weighted by molar-refractivity contribution is 9.11. The summed E-state index contributed by atoms with van der Waals surface area (Å²) in [5, 5.41) is 10.7. The first kappa shape index (κ1) is 11.5. The molecule has 0 heterocycles. The molecule has 0 fully saturated rings. The first-order valence-electron chi connectivity index (χ1n) is 3.74. The van der Waals surface area contributed by atoms with E-state index < -0.39 is 4.92 Å². The number of nitro benzene ring substituents is 1. The lowest BCUT2D eigenvalue weighted by atomic mass is 10.3. The van der Waals surface area contributed by atoms with Crippen LogP contribution in [0, 0.1) is 10.1 Å². The maximum Gasteiger partial charge on any atom is 0.297 e. The van der Waals surface area contributed by atoms with Crippen LogP contribution < -0.4 is 4.90 Å². The Kier molecular flexibility index (Phi) is 3.49. The molecule has 0 aliphatic heterocycles. The highest BCUT2D eigenvalue weighted by atomic mass is 79.9. The van der Waals surface area contributed by atoms with Gasteiger partial charge in [0.15, 0.2) is 0 Å². The summed E-state index contributed by atoms with van der Waals surface area (Å²) in [4.78, 5) is 12.1. The van der Waals surface area contributed by atoms with Crippen LogP contribution in [0.5, 0.6) is 0 Å². The van der Waals surface area contributed by atoms with Crippen LogP contribution in [0.25, 0.3) is 0 Å². The lowest BCUT2D eigenvalue weighted by Gasteiger charge is -2.13. The van der Waals surface area contributed by atoms with Gasteiger partial charge in [-0.1, -0.05) is 0 Å². The van der Waals surface area contributed by atoms with Crippen LogP contribution in [0.1, 0.15) is 0 Å². The Bertz CT molecular complexity index is 357. The van der Waals surface area contributed by atoms with Gasteiger partial charge in [-0.2, -0.15) is 0 Å². The van der Waals surface area contributed by atoms with Gasteiger partial charge in [-0.15, -0.1) is 0 Å². The zero-order valence-electron chi connectivity index (χ0n) is 7.62. The molecule has 0 saturated heterocycles. The molecule has 0 bridgehead atoms. The van der Waals surface area contributed by atoms with Crippen LogP contribution >= 0.6 is 31.9 Å². The van der Waals surface area contributed by atoms with Gasteiger partial charge in [-0.3, -0.25) is 10.1 Å². The molecule has 1 rings (SSSR count). The Morgan fingerprint density at radius 3 is 2.00 bits per heavy atom. The van der Waals surface area contributed by atoms with E-state index in [1.807, 2.05) is 19.0 Å². The molecule has 4 nitrogen and oxygen atoms in total. The van der Waals surface area contributed by atoms with Crippen LogP contribution in [0.15, 0.2) is 21.1 Å². The number of benzene rings is 1. The van der Waals surface area contributed by atoms with Crippen molar-refractivity contribution in [2.45, 2.75) is 0 Å². The predicted octanol–water partition coefficient (Wildman–Crippen LogP) is 3.19. The lowest BCUT2D eigenvalue weighted by Crippen LogP contribution is -2.08. The van der Waals surface area contributed by atoms with Crippen molar-refractivity contribution >= 4 is 43.2 Å². The van der Waals surface area contributed by atoms with Gasteiger partial charge in [0.2, 0.25) is 0 Å². The van der Waals surface area contributed by atoms with E-state index in [9.17, 15) is 10.1 Å². The smallest absolute Gasteiger partial charge is 0.297 e. The first-order chi connectivity index (χ1) is 6.43. The number of hydrogen-bond acceptors (Lipinski definition) is 3. The maximum atomic E-state index is 10.7. The zero-order chi connectivity index (χ0) is 10.9. The number of nitro groups is 1. The number of halogens is 2. The summed E-state index contributed by atoms with van der Waals surface area (Å²) < 4.78 is 0.946. The molecule has 76 valence electrons. The Labute approximate surface area is 98.3 Å². The summed E-state index contributed by atoms with van der Waals surface area (Å²) in [6.07, 6.45) is 0. The van der Waals surface area contributed by atoms with Crippen molar-refractivity contribution in [3.05, 3.63) is 31.2 Å². The largest absolute Gasteiger partial charge is 0.378 e. The molecule has 0 amide bonds. The van der Waals surface area contributed by atoms with Gasteiger partial charge in [0, 0.05) is 19.8 Å². The third-order valence-electron chi connectivity index (χ3n) is 1.70. The van der Waals surface area contributed by atoms with Gasteiger partial charge in [0.05, 0.1) is 13.9 Å². The molecular weight excluding hydrogens is 316 g/mol. The fourth-order valence-corrected chi connectivity index (χ4v) is 2.44. The molecule has 0 saturated carbocycles. The summed E-state index contributed by atoms with van der Waals surface area (Å²) in [5.74, 6) is 0. The normalized spacial score (nSPS) is 10.0. The van der Waals surface area contributed by atoms with Crippen molar-refractivity contribution in [1.82, 2.24) is 0 Å². The fourth-order valence-electron chi connectivity index (χ4n) is 0.985. The molecule has 6 heteroatoms. The van der Waals surface area contributed by atoms with E-state index in [2.05, 4.69) is 31.9 Å². The highest BCUT2D eigenvalue weighted by Crippen LogP contribution is 2.36. The van der Waals surface area contributed by atoms with E-state index in [1.165, 1.54) is 0 Å². The Hall–Kier alpha value is -0.620. The molecule has 0 aromatic heterocycles. The second-order valence-corrected chi connectivity index (χ2v) is 4.62. The van der Waals surface area contributed by atoms with Crippen molar-refractivity contribution in [3.63, 3.8) is 0 Å². The fraction of sp³-hybridized carbons (Fsp3) is 0.250. The van der Waals surface area contributed by atoms with E-state index in [4.69, 9.17) is 0 Å². The SMILES string of the molecule is CN(C)c1cc(Br)c([N+](=O)[O-])c(Br)c1. The van der Waals surface area contributed by atoms with Gasteiger partial charge in [-0.25, -0.2) is 0 Å². The summed E-state index contributed by atoms with van der Waals surface area (Å²) in [5.41, 5.74) is 0.949. The minimum absolute atomic E-state index is 0.0515. The molecular formula is C8H8Br2N2O2. The summed E-state index contributed by atoms with van der Waals surface area (Å²) in [6.45, 7) is 0. The Balaban J connectivity index is 3.32. The van der Waals surface area contributed by atoms with E-state index in [0.717, 1.165) is 5.69 Å². The molecule has 0 N–H and O–H groups in total. The van der Waals surface area contributed by atoms with Gasteiger partial charge in [-0.05, 0) is 44.0 Å². The Morgan fingerprint density at radius 1 is 1.29 bits per heavy atom. The van der Waals surface area contributed by atoms with E-state index in [0.29, 0.717) is 8.95 Å². The van der Waals surface area contributed by atoms with Crippen molar-refractivity contribution in [1.29, 1.82) is 0 Å². The van der Waals surface area contributed by atoms with E-state index >= 15 is 0 Å². The zero-order valence-corrected chi connectivity index (χ0v) is 10.8. The topological polar surface area (TPSA) is 46.4 Å². The van der Waals surface area contributed by atoms with E-state index in [1.54, 1.807) is 12.1 Å². The molecule has 1 aromatic carbocycles. The second-order valence-electron chi connectivity index (χ2n) is 2.91. The summed E-state index contributed by atoms with van der Waals surface area (Å²) in [6, 6.07) is 3.42. The maximum absolute atomic E-state index is 10.7. The minimum atomic E-state index is -0.423. The third kappa shape index (κ3) is 2.24. The van der Waals surface area contributed by atoms with Crippen LogP contribution in [0.3, 0.4) is 0 Å². The minimum Gasteiger partial charge on any atom is -0.378 e. The average Bonchev–Trinajstić information content (AvgIpc) is 2.01. The quantitative estimate of drug-likeness (QED) is 0.620. The van der Waals surface area contributed by atoms with Gasteiger partial charge < -0.3 is 4.90 Å². The lowest BCUT2D eigenvalue weighted by molar-refractivity contribution is -0.386. The number of rotatable bonds is 2. The number of nitrogens with zero attached hydrogens (tertiary/aromatic N) is 2. The highest BCUT2D eigenvalue weighted by Gasteiger charge is 2.18. The molecule has 1 aromatic rings. The monoisotopic (exact) mass is 322 g/mol. The molecule has 0 aliphatic rings. The molecule has 0 radical (unpaired) electrons. The molecule has 0 unspecified atom stereocenters. The second kappa shape index (κ2) is 4.27. The predicted molar refractivity (Wildman–Crippen MR) is 62.8 cm³/mol.